The Bertz CT molecular complexity index is 481. The number of sulfonamides is 1. The Morgan fingerprint density at radius 3 is 2.88 bits per heavy atom. The van der Waals surface area contributed by atoms with Crippen molar-refractivity contribution in [2.75, 3.05) is 13.1 Å². The van der Waals surface area contributed by atoms with Gasteiger partial charge in [0.05, 0.1) is 18.4 Å². The number of imidazole rings is 1. The van der Waals surface area contributed by atoms with Crippen LogP contribution in [0.25, 0.3) is 0 Å². The number of H-pyrrole nitrogens is 1. The molecule has 16 heavy (non-hydrogen) atoms. The average molecular weight is 245 g/mol. The minimum atomic E-state index is -3.61. The molecule has 7 nitrogen and oxygen atoms in total. The van der Waals surface area contributed by atoms with Crippen molar-refractivity contribution in [2.24, 2.45) is 5.92 Å². The minimum absolute atomic E-state index is 0.00135. The van der Waals surface area contributed by atoms with E-state index in [4.69, 9.17) is 5.11 Å². The minimum Gasteiger partial charge on any atom is -0.481 e. The molecule has 0 aliphatic carbocycles. The summed E-state index contributed by atoms with van der Waals surface area (Å²) < 4.78 is 25.0. The first-order valence-corrected chi connectivity index (χ1v) is 6.17. The predicted molar refractivity (Wildman–Crippen MR) is 53.1 cm³/mol. The molecule has 0 bridgehead atoms. The van der Waals surface area contributed by atoms with Crippen LogP contribution in [0.1, 0.15) is 6.42 Å². The molecule has 0 aromatic carbocycles. The van der Waals surface area contributed by atoms with Gasteiger partial charge in [-0.05, 0) is 6.42 Å². The first-order chi connectivity index (χ1) is 7.51. The average Bonchev–Trinajstić information content (AvgIpc) is 2.90. The molecule has 2 N–H and O–H groups in total. The second kappa shape index (κ2) is 3.87. The number of carboxylic acids is 1. The van der Waals surface area contributed by atoms with E-state index in [9.17, 15) is 13.2 Å². The largest absolute Gasteiger partial charge is 0.481 e. The van der Waals surface area contributed by atoms with Crippen LogP contribution >= 0.6 is 0 Å². The Kier molecular flexibility index (Phi) is 2.68. The summed E-state index contributed by atoms with van der Waals surface area (Å²) in [5, 5.41) is 8.78. The predicted octanol–water partition coefficient (Wildman–Crippen LogP) is -0.495. The van der Waals surface area contributed by atoms with Crippen molar-refractivity contribution >= 4 is 16.0 Å². The van der Waals surface area contributed by atoms with Crippen LogP contribution < -0.4 is 0 Å². The number of aromatic nitrogens is 2. The van der Waals surface area contributed by atoms with Crippen molar-refractivity contribution in [2.45, 2.75) is 11.4 Å². The molecule has 1 fully saturated rings. The van der Waals surface area contributed by atoms with Gasteiger partial charge in [0.15, 0.2) is 5.03 Å². The van der Waals surface area contributed by atoms with E-state index in [1.54, 1.807) is 0 Å². The molecule has 2 rings (SSSR count). The highest BCUT2D eigenvalue weighted by atomic mass is 32.2. The summed E-state index contributed by atoms with van der Waals surface area (Å²) in [5.74, 6) is -1.57. The molecule has 0 spiro atoms. The topological polar surface area (TPSA) is 103 Å². The van der Waals surface area contributed by atoms with Crippen molar-refractivity contribution < 1.29 is 18.3 Å². The summed E-state index contributed by atoms with van der Waals surface area (Å²) in [6.07, 6.45) is 2.84. The van der Waals surface area contributed by atoms with Crippen molar-refractivity contribution in [3.05, 3.63) is 12.5 Å². The van der Waals surface area contributed by atoms with E-state index < -0.39 is 21.9 Å². The Hall–Kier alpha value is -1.41. The third-order valence-electron chi connectivity index (χ3n) is 2.59. The summed E-state index contributed by atoms with van der Waals surface area (Å²) >= 11 is 0. The highest BCUT2D eigenvalue weighted by molar-refractivity contribution is 7.89. The van der Waals surface area contributed by atoms with E-state index in [1.165, 1.54) is 16.8 Å². The van der Waals surface area contributed by atoms with E-state index >= 15 is 0 Å². The van der Waals surface area contributed by atoms with E-state index in [1.807, 2.05) is 0 Å². The second-order valence-electron chi connectivity index (χ2n) is 3.60. The smallest absolute Gasteiger partial charge is 0.307 e. The van der Waals surface area contributed by atoms with Gasteiger partial charge in [-0.15, -0.1) is 0 Å². The number of carbonyl (C=O) groups is 1. The van der Waals surface area contributed by atoms with Crippen molar-refractivity contribution in [1.29, 1.82) is 0 Å². The van der Waals surface area contributed by atoms with Gasteiger partial charge >= 0.3 is 5.97 Å². The number of carboxylic acid groups (broad SMARTS) is 1. The lowest BCUT2D eigenvalue weighted by Gasteiger charge is -2.13. The molecule has 0 unspecified atom stereocenters. The summed E-state index contributed by atoms with van der Waals surface area (Å²) in [7, 11) is -3.61. The number of hydrogen-bond acceptors (Lipinski definition) is 4. The molecule has 1 saturated heterocycles. The number of nitrogens with zero attached hydrogens (tertiary/aromatic N) is 2. The number of rotatable bonds is 3. The first kappa shape index (κ1) is 11.1. The number of hydrogen-bond donors (Lipinski definition) is 2. The standard InChI is InChI=1S/C8H11N3O4S/c12-8(13)6-1-2-11(4-6)16(14,15)7-3-9-5-10-7/h3,5-6H,1-2,4H2,(H,9,10)(H,12,13)/t6-/m0/s1. The quantitative estimate of drug-likeness (QED) is 0.747. The Balaban J connectivity index is 2.19. The van der Waals surface area contributed by atoms with Crippen LogP contribution in [0.4, 0.5) is 0 Å². The van der Waals surface area contributed by atoms with Gasteiger partial charge in [-0.25, -0.2) is 13.4 Å². The lowest BCUT2D eigenvalue weighted by molar-refractivity contribution is -0.141. The SMILES string of the molecule is O=C(O)[C@H]1CCN(S(=O)(=O)c2cnc[nH]2)C1. The lowest BCUT2D eigenvalue weighted by Crippen LogP contribution is -2.30. The fraction of sp³-hybridized carbons (Fsp3) is 0.500. The maximum absolute atomic E-state index is 11.9. The fourth-order valence-corrected chi connectivity index (χ4v) is 3.07. The van der Waals surface area contributed by atoms with Gasteiger partial charge in [0.2, 0.25) is 0 Å². The summed E-state index contributed by atoms with van der Waals surface area (Å²) in [5.41, 5.74) is 0. The highest BCUT2D eigenvalue weighted by Gasteiger charge is 2.36. The Labute approximate surface area is 92.2 Å². The zero-order valence-electron chi connectivity index (χ0n) is 8.33. The number of aromatic amines is 1. The Morgan fingerprint density at radius 2 is 2.38 bits per heavy atom. The van der Waals surface area contributed by atoms with Crippen molar-refractivity contribution in [3.8, 4) is 0 Å². The molecule has 88 valence electrons. The number of aliphatic carboxylic acids is 1. The number of nitrogens with one attached hydrogen (secondary N) is 1. The monoisotopic (exact) mass is 245 g/mol. The van der Waals surface area contributed by atoms with Gasteiger partial charge in [0.1, 0.15) is 0 Å². The van der Waals surface area contributed by atoms with Crippen LogP contribution in [0.3, 0.4) is 0 Å². The highest BCUT2D eigenvalue weighted by Crippen LogP contribution is 2.22. The molecule has 0 saturated carbocycles. The molecular formula is C8H11N3O4S. The zero-order chi connectivity index (χ0) is 11.8. The lowest BCUT2D eigenvalue weighted by atomic mass is 10.1. The normalized spacial score (nSPS) is 22.4. The maximum Gasteiger partial charge on any atom is 0.307 e. The third-order valence-corrected chi connectivity index (χ3v) is 4.38. The molecule has 1 aliphatic heterocycles. The van der Waals surface area contributed by atoms with Crippen LogP contribution in [0.5, 0.6) is 0 Å². The van der Waals surface area contributed by atoms with Crippen LogP contribution in [0.15, 0.2) is 17.6 Å². The fourth-order valence-electron chi connectivity index (χ4n) is 1.67. The molecule has 1 aromatic rings. The molecule has 8 heteroatoms. The summed E-state index contributed by atoms with van der Waals surface area (Å²) in [6.45, 7) is 0.259. The van der Waals surface area contributed by atoms with Crippen molar-refractivity contribution in [3.63, 3.8) is 0 Å². The third kappa shape index (κ3) is 1.81. The molecule has 0 amide bonds. The maximum atomic E-state index is 11.9. The van der Waals surface area contributed by atoms with Crippen LogP contribution in [0.2, 0.25) is 0 Å². The summed E-state index contributed by atoms with van der Waals surface area (Å²) in [4.78, 5) is 16.9. The molecule has 0 radical (unpaired) electrons. The summed E-state index contributed by atoms with van der Waals surface area (Å²) in [6, 6.07) is 0. The molecular weight excluding hydrogens is 234 g/mol. The molecule has 2 heterocycles. The van der Waals surface area contributed by atoms with Gasteiger partial charge in [-0.2, -0.15) is 4.31 Å². The van der Waals surface area contributed by atoms with Gasteiger partial charge in [-0.3, -0.25) is 4.79 Å². The van der Waals surface area contributed by atoms with Crippen LogP contribution in [0, 0.1) is 5.92 Å². The van der Waals surface area contributed by atoms with Gasteiger partial charge in [0, 0.05) is 13.1 Å². The second-order valence-corrected chi connectivity index (χ2v) is 5.51. The van der Waals surface area contributed by atoms with E-state index in [-0.39, 0.29) is 18.1 Å². The van der Waals surface area contributed by atoms with Gasteiger partial charge in [0.25, 0.3) is 10.0 Å². The zero-order valence-corrected chi connectivity index (χ0v) is 9.14. The van der Waals surface area contributed by atoms with E-state index in [2.05, 4.69) is 9.97 Å². The van der Waals surface area contributed by atoms with Crippen LogP contribution in [-0.2, 0) is 14.8 Å². The molecule has 1 aromatic heterocycles. The van der Waals surface area contributed by atoms with Crippen LogP contribution in [-0.4, -0.2) is 46.9 Å². The molecule has 1 atom stereocenters. The Morgan fingerprint density at radius 1 is 1.62 bits per heavy atom. The first-order valence-electron chi connectivity index (χ1n) is 4.73. The van der Waals surface area contributed by atoms with E-state index in [0.717, 1.165) is 0 Å². The van der Waals surface area contributed by atoms with E-state index in [0.29, 0.717) is 6.42 Å². The van der Waals surface area contributed by atoms with Gasteiger partial charge < -0.3 is 10.1 Å². The van der Waals surface area contributed by atoms with Gasteiger partial charge in [-0.1, -0.05) is 0 Å². The molecule has 1 aliphatic rings. The van der Waals surface area contributed by atoms with Crippen molar-refractivity contribution in [1.82, 2.24) is 14.3 Å².